The van der Waals surface area contributed by atoms with E-state index in [0.717, 1.165) is 31.0 Å². The summed E-state index contributed by atoms with van der Waals surface area (Å²) in [7, 11) is 0. The number of nitrogens with zero attached hydrogens (tertiary/aromatic N) is 2. The molecule has 2 rings (SSSR count). The molecule has 0 aliphatic carbocycles. The molecule has 6 nitrogen and oxygen atoms in total. The number of rotatable bonds is 2. The van der Waals surface area contributed by atoms with Crippen molar-refractivity contribution in [2.75, 3.05) is 44.4 Å². The second-order valence-corrected chi connectivity index (χ2v) is 5.98. The zero-order chi connectivity index (χ0) is 13.7. The van der Waals surface area contributed by atoms with Crippen LogP contribution in [-0.4, -0.2) is 77.3 Å². The number of hydrogen-bond donors (Lipinski definition) is 1. The molecule has 1 unspecified atom stereocenters. The number of carboxylic acids is 1. The summed E-state index contributed by atoms with van der Waals surface area (Å²) in [5.74, 6) is 1.16. The van der Waals surface area contributed by atoms with Crippen LogP contribution in [-0.2, 0) is 9.53 Å². The smallest absolute Gasteiger partial charge is 0.320 e. The molecule has 2 fully saturated rings. The van der Waals surface area contributed by atoms with Gasteiger partial charge in [-0.3, -0.25) is 4.79 Å². The predicted molar refractivity (Wildman–Crippen MR) is 72.5 cm³/mol. The minimum atomic E-state index is -0.889. The van der Waals surface area contributed by atoms with E-state index in [1.807, 2.05) is 16.7 Å². The number of aliphatic carboxylic acids is 1. The van der Waals surface area contributed by atoms with E-state index in [2.05, 4.69) is 0 Å². The van der Waals surface area contributed by atoms with Crippen LogP contribution in [0.4, 0.5) is 4.79 Å². The molecule has 0 saturated carbocycles. The van der Waals surface area contributed by atoms with E-state index < -0.39 is 5.97 Å². The summed E-state index contributed by atoms with van der Waals surface area (Å²) < 4.78 is 5.30. The van der Waals surface area contributed by atoms with Crippen molar-refractivity contribution >= 4 is 23.8 Å². The van der Waals surface area contributed by atoms with Crippen molar-refractivity contribution in [2.45, 2.75) is 18.9 Å². The molecule has 1 atom stereocenters. The van der Waals surface area contributed by atoms with Gasteiger partial charge in [0.25, 0.3) is 0 Å². The Morgan fingerprint density at radius 2 is 2.11 bits per heavy atom. The molecule has 0 aromatic rings. The van der Waals surface area contributed by atoms with E-state index in [4.69, 9.17) is 9.84 Å². The third kappa shape index (κ3) is 4.01. The molecule has 2 amide bonds. The largest absolute Gasteiger partial charge is 0.481 e. The number of morpholine rings is 1. The molecule has 0 spiro atoms. The van der Waals surface area contributed by atoms with Gasteiger partial charge < -0.3 is 19.6 Å². The molecule has 2 aliphatic rings. The van der Waals surface area contributed by atoms with E-state index in [9.17, 15) is 9.59 Å². The lowest BCUT2D eigenvalue weighted by Gasteiger charge is -2.38. The number of hydrogen-bond acceptors (Lipinski definition) is 4. The van der Waals surface area contributed by atoms with Crippen LogP contribution in [0, 0.1) is 0 Å². The Labute approximate surface area is 117 Å². The minimum absolute atomic E-state index is 0.0305. The Kier molecular flexibility index (Phi) is 5.33. The van der Waals surface area contributed by atoms with E-state index in [1.54, 1.807) is 4.90 Å². The highest BCUT2D eigenvalue weighted by Gasteiger charge is 2.32. The maximum absolute atomic E-state index is 12.5. The summed E-state index contributed by atoms with van der Waals surface area (Å²) in [6.45, 7) is 2.81. The van der Waals surface area contributed by atoms with Gasteiger partial charge in [0.2, 0.25) is 0 Å². The highest BCUT2D eigenvalue weighted by Crippen LogP contribution is 2.16. The van der Waals surface area contributed by atoms with Crippen molar-refractivity contribution in [3.8, 4) is 0 Å². The highest BCUT2D eigenvalue weighted by molar-refractivity contribution is 7.99. The fourth-order valence-corrected chi connectivity index (χ4v) is 3.28. The van der Waals surface area contributed by atoms with Crippen molar-refractivity contribution in [2.24, 2.45) is 0 Å². The standard InChI is InChI=1S/C12H20N2O4S/c15-11(16)8-10-9-18-5-3-14(10)12(17)13-2-1-6-19-7-4-13/h10H,1-9H2,(H,15,16). The Morgan fingerprint density at radius 3 is 2.89 bits per heavy atom. The summed E-state index contributed by atoms with van der Waals surface area (Å²) in [5.41, 5.74) is 0. The molecule has 0 aromatic carbocycles. The van der Waals surface area contributed by atoms with Gasteiger partial charge in [-0.25, -0.2) is 4.79 Å². The van der Waals surface area contributed by atoms with Crippen molar-refractivity contribution in [3.63, 3.8) is 0 Å². The van der Waals surface area contributed by atoms with Crippen LogP contribution in [0.3, 0.4) is 0 Å². The molecule has 19 heavy (non-hydrogen) atoms. The molecule has 7 heteroatoms. The molecule has 2 aliphatic heterocycles. The van der Waals surface area contributed by atoms with Crippen LogP contribution in [0.15, 0.2) is 0 Å². The first-order valence-electron chi connectivity index (χ1n) is 6.61. The quantitative estimate of drug-likeness (QED) is 0.811. The molecule has 0 aromatic heterocycles. The number of carboxylic acid groups (broad SMARTS) is 1. The lowest BCUT2D eigenvalue weighted by atomic mass is 10.1. The van der Waals surface area contributed by atoms with Crippen LogP contribution in [0.5, 0.6) is 0 Å². The molecule has 0 bridgehead atoms. The Morgan fingerprint density at radius 1 is 1.26 bits per heavy atom. The third-order valence-corrected chi connectivity index (χ3v) is 4.42. The summed E-state index contributed by atoms with van der Waals surface area (Å²) >= 11 is 1.86. The number of amides is 2. The number of thioether (sulfide) groups is 1. The monoisotopic (exact) mass is 288 g/mol. The number of urea groups is 1. The maximum Gasteiger partial charge on any atom is 0.320 e. The second kappa shape index (κ2) is 7.00. The van der Waals surface area contributed by atoms with Gasteiger partial charge in [0.1, 0.15) is 0 Å². The number of ether oxygens (including phenoxy) is 1. The fourth-order valence-electron chi connectivity index (χ4n) is 2.40. The van der Waals surface area contributed by atoms with Crippen LogP contribution in [0.2, 0.25) is 0 Å². The van der Waals surface area contributed by atoms with Crippen molar-refractivity contribution in [3.05, 3.63) is 0 Å². The average Bonchev–Trinajstić information content (AvgIpc) is 2.67. The number of carbonyl (C=O) groups excluding carboxylic acids is 1. The Bertz CT molecular complexity index is 332. The Balaban J connectivity index is 1.99. The maximum atomic E-state index is 12.5. The SMILES string of the molecule is O=C(O)CC1COCCN1C(=O)N1CCCSCC1. The van der Waals surface area contributed by atoms with Crippen molar-refractivity contribution in [1.29, 1.82) is 0 Å². The van der Waals surface area contributed by atoms with E-state index >= 15 is 0 Å². The van der Waals surface area contributed by atoms with E-state index in [1.165, 1.54) is 0 Å². The van der Waals surface area contributed by atoms with Crippen LogP contribution >= 0.6 is 11.8 Å². The molecule has 2 saturated heterocycles. The van der Waals surface area contributed by atoms with Gasteiger partial charge in [-0.05, 0) is 12.2 Å². The van der Waals surface area contributed by atoms with Crippen LogP contribution in [0.1, 0.15) is 12.8 Å². The number of carbonyl (C=O) groups is 2. The first-order chi connectivity index (χ1) is 9.18. The van der Waals surface area contributed by atoms with E-state index in [0.29, 0.717) is 19.8 Å². The molecule has 2 heterocycles. The predicted octanol–water partition coefficient (Wildman–Crippen LogP) is 0.721. The molecule has 1 N–H and O–H groups in total. The zero-order valence-electron chi connectivity index (χ0n) is 10.9. The van der Waals surface area contributed by atoms with Gasteiger partial charge in [0, 0.05) is 25.4 Å². The normalized spacial score (nSPS) is 24.9. The van der Waals surface area contributed by atoms with Crippen molar-refractivity contribution in [1.82, 2.24) is 9.80 Å². The van der Waals surface area contributed by atoms with Gasteiger partial charge in [0.05, 0.1) is 25.7 Å². The summed E-state index contributed by atoms with van der Waals surface area (Å²) in [5, 5.41) is 8.91. The topological polar surface area (TPSA) is 70.1 Å². The van der Waals surface area contributed by atoms with Gasteiger partial charge in [0.15, 0.2) is 0 Å². The van der Waals surface area contributed by atoms with Gasteiger partial charge >= 0.3 is 12.0 Å². The molecule has 0 radical (unpaired) electrons. The van der Waals surface area contributed by atoms with Crippen LogP contribution in [0.25, 0.3) is 0 Å². The first-order valence-corrected chi connectivity index (χ1v) is 7.77. The third-order valence-electron chi connectivity index (χ3n) is 3.38. The summed E-state index contributed by atoms with van der Waals surface area (Å²) in [4.78, 5) is 26.9. The van der Waals surface area contributed by atoms with Gasteiger partial charge in [-0.15, -0.1) is 0 Å². The highest BCUT2D eigenvalue weighted by atomic mass is 32.2. The average molecular weight is 288 g/mol. The molecule has 108 valence electrons. The summed E-state index contributed by atoms with van der Waals surface area (Å²) in [6, 6.07) is -0.369. The van der Waals surface area contributed by atoms with Gasteiger partial charge in [-0.1, -0.05) is 0 Å². The zero-order valence-corrected chi connectivity index (χ0v) is 11.7. The lowest BCUT2D eigenvalue weighted by Crippen LogP contribution is -2.54. The van der Waals surface area contributed by atoms with Crippen molar-refractivity contribution < 1.29 is 19.4 Å². The fraction of sp³-hybridized carbons (Fsp3) is 0.833. The van der Waals surface area contributed by atoms with E-state index in [-0.39, 0.29) is 18.5 Å². The minimum Gasteiger partial charge on any atom is -0.481 e. The molecular formula is C12H20N2O4S. The lowest BCUT2D eigenvalue weighted by molar-refractivity contribution is -0.139. The Hall–Kier alpha value is -0.950. The first kappa shape index (κ1) is 14.5. The molecular weight excluding hydrogens is 268 g/mol. The van der Waals surface area contributed by atoms with Gasteiger partial charge in [-0.2, -0.15) is 11.8 Å². The van der Waals surface area contributed by atoms with Crippen LogP contribution < -0.4 is 0 Å². The second-order valence-electron chi connectivity index (χ2n) is 4.76. The summed E-state index contributed by atoms with van der Waals surface area (Å²) in [6.07, 6.45) is 0.957.